The van der Waals surface area contributed by atoms with Gasteiger partial charge in [-0.25, -0.2) is 8.78 Å². The molecule has 0 heterocycles. The van der Waals surface area contributed by atoms with E-state index in [0.717, 1.165) is 6.07 Å². The third-order valence-corrected chi connectivity index (χ3v) is 2.35. The van der Waals surface area contributed by atoms with Crippen molar-refractivity contribution in [3.63, 3.8) is 0 Å². The highest BCUT2D eigenvalue weighted by Gasteiger charge is 2.11. The molecule has 0 aliphatic rings. The molecule has 1 aromatic rings. The summed E-state index contributed by atoms with van der Waals surface area (Å²) in [5, 5.41) is 2.95. The number of methoxy groups -OCH3 is 1. The van der Waals surface area contributed by atoms with E-state index in [4.69, 9.17) is 9.47 Å². The maximum Gasteiger partial charge on any atom is 0.126 e. The second kappa shape index (κ2) is 7.32. The number of ether oxygens (including phenoxy) is 2. The van der Waals surface area contributed by atoms with Crippen molar-refractivity contribution in [2.24, 2.45) is 0 Å². The summed E-state index contributed by atoms with van der Waals surface area (Å²) in [4.78, 5) is 0. The van der Waals surface area contributed by atoms with E-state index in [-0.39, 0.29) is 6.04 Å². The van der Waals surface area contributed by atoms with Gasteiger partial charge in [-0.05, 0) is 24.7 Å². The Hall–Kier alpha value is -1.04. The van der Waals surface area contributed by atoms with Crippen LogP contribution < -0.4 is 5.32 Å². The molecular formula is C12H17F2NO2. The Morgan fingerprint density at radius 3 is 2.35 bits per heavy atom. The van der Waals surface area contributed by atoms with Gasteiger partial charge in [-0.1, -0.05) is 0 Å². The number of likely N-dealkylation sites (N-methyl/N-ethyl adjacent to an activating group) is 1. The van der Waals surface area contributed by atoms with Gasteiger partial charge < -0.3 is 14.8 Å². The minimum absolute atomic E-state index is 0.239. The predicted octanol–water partition coefficient (Wildman–Crippen LogP) is 1.89. The molecule has 5 heteroatoms. The second-order valence-corrected chi connectivity index (χ2v) is 3.61. The summed E-state index contributed by atoms with van der Waals surface area (Å²) in [7, 11) is 3.30. The fourth-order valence-corrected chi connectivity index (χ4v) is 1.47. The van der Waals surface area contributed by atoms with Crippen molar-refractivity contribution in [2.45, 2.75) is 6.04 Å². The van der Waals surface area contributed by atoms with E-state index in [1.165, 1.54) is 12.1 Å². The molecular weight excluding hydrogens is 228 g/mol. The van der Waals surface area contributed by atoms with Gasteiger partial charge in [-0.15, -0.1) is 0 Å². The SMILES string of the molecule is CNC(COCCOC)c1cc(F)cc(F)c1. The van der Waals surface area contributed by atoms with E-state index in [9.17, 15) is 8.78 Å². The number of hydrogen-bond donors (Lipinski definition) is 1. The predicted molar refractivity (Wildman–Crippen MR) is 60.9 cm³/mol. The second-order valence-electron chi connectivity index (χ2n) is 3.61. The van der Waals surface area contributed by atoms with Gasteiger partial charge >= 0.3 is 0 Å². The fraction of sp³-hybridized carbons (Fsp3) is 0.500. The van der Waals surface area contributed by atoms with E-state index < -0.39 is 11.6 Å². The molecule has 1 rings (SSSR count). The van der Waals surface area contributed by atoms with Crippen molar-refractivity contribution < 1.29 is 18.3 Å². The molecule has 0 radical (unpaired) electrons. The van der Waals surface area contributed by atoms with Crippen LogP contribution >= 0.6 is 0 Å². The molecule has 0 bridgehead atoms. The third-order valence-electron chi connectivity index (χ3n) is 2.35. The van der Waals surface area contributed by atoms with Gasteiger partial charge in [0.1, 0.15) is 11.6 Å². The lowest BCUT2D eigenvalue weighted by atomic mass is 10.1. The van der Waals surface area contributed by atoms with Crippen molar-refractivity contribution in [3.8, 4) is 0 Å². The summed E-state index contributed by atoms with van der Waals surface area (Å²) in [5.74, 6) is -1.17. The van der Waals surface area contributed by atoms with Crippen molar-refractivity contribution in [3.05, 3.63) is 35.4 Å². The van der Waals surface area contributed by atoms with Crippen molar-refractivity contribution in [1.29, 1.82) is 0 Å². The van der Waals surface area contributed by atoms with Crippen LogP contribution in [0.4, 0.5) is 8.78 Å². The van der Waals surface area contributed by atoms with Crippen LogP contribution in [-0.2, 0) is 9.47 Å². The summed E-state index contributed by atoms with van der Waals surface area (Å²) in [5.41, 5.74) is 0.530. The lowest BCUT2D eigenvalue weighted by Crippen LogP contribution is -2.23. The van der Waals surface area contributed by atoms with Gasteiger partial charge in [0.2, 0.25) is 0 Å². The fourth-order valence-electron chi connectivity index (χ4n) is 1.47. The van der Waals surface area contributed by atoms with Crippen LogP contribution in [0.5, 0.6) is 0 Å². The Labute approximate surface area is 99.7 Å². The summed E-state index contributed by atoms with van der Waals surface area (Å²) < 4.78 is 36.2. The third kappa shape index (κ3) is 4.77. The molecule has 0 aliphatic carbocycles. The number of benzene rings is 1. The highest BCUT2D eigenvalue weighted by Crippen LogP contribution is 2.16. The number of rotatable bonds is 7. The smallest absolute Gasteiger partial charge is 0.126 e. The van der Waals surface area contributed by atoms with Crippen molar-refractivity contribution in [2.75, 3.05) is 34.0 Å². The van der Waals surface area contributed by atoms with Crippen LogP contribution in [0.1, 0.15) is 11.6 Å². The standard InChI is InChI=1S/C12H17F2NO2/c1-15-12(8-17-4-3-16-2)9-5-10(13)7-11(14)6-9/h5-7,12,15H,3-4,8H2,1-2H3. The van der Waals surface area contributed by atoms with E-state index in [1.807, 2.05) is 0 Å². The molecule has 1 unspecified atom stereocenters. The Morgan fingerprint density at radius 1 is 1.18 bits per heavy atom. The molecule has 3 nitrogen and oxygen atoms in total. The van der Waals surface area contributed by atoms with Crippen LogP contribution in [0.2, 0.25) is 0 Å². The molecule has 1 N–H and O–H groups in total. The van der Waals surface area contributed by atoms with E-state index in [1.54, 1.807) is 14.2 Å². The Kier molecular flexibility index (Phi) is 6.04. The average Bonchev–Trinajstić information content (AvgIpc) is 2.28. The van der Waals surface area contributed by atoms with E-state index >= 15 is 0 Å². The Morgan fingerprint density at radius 2 is 1.82 bits per heavy atom. The normalized spacial score (nSPS) is 12.7. The summed E-state index contributed by atoms with van der Waals surface area (Å²) in [6.07, 6.45) is 0. The number of hydrogen-bond acceptors (Lipinski definition) is 3. The average molecular weight is 245 g/mol. The molecule has 0 saturated carbocycles. The maximum absolute atomic E-state index is 13.0. The number of nitrogens with one attached hydrogen (secondary N) is 1. The molecule has 96 valence electrons. The van der Waals surface area contributed by atoms with Crippen molar-refractivity contribution >= 4 is 0 Å². The van der Waals surface area contributed by atoms with Crippen LogP contribution in [0.3, 0.4) is 0 Å². The molecule has 1 atom stereocenters. The van der Waals surface area contributed by atoms with Gasteiger partial charge in [0.25, 0.3) is 0 Å². The molecule has 0 saturated heterocycles. The Balaban J connectivity index is 2.59. The van der Waals surface area contributed by atoms with Gasteiger partial charge in [-0.3, -0.25) is 0 Å². The lowest BCUT2D eigenvalue weighted by Gasteiger charge is -2.17. The van der Waals surface area contributed by atoms with Crippen LogP contribution in [-0.4, -0.2) is 34.0 Å². The zero-order valence-electron chi connectivity index (χ0n) is 10.0. The highest BCUT2D eigenvalue weighted by atomic mass is 19.1. The summed E-state index contributed by atoms with van der Waals surface area (Å²) in [6, 6.07) is 3.20. The molecule has 0 spiro atoms. The molecule has 1 aromatic carbocycles. The topological polar surface area (TPSA) is 30.5 Å². The molecule has 0 amide bonds. The minimum atomic E-state index is -0.586. The first-order chi connectivity index (χ1) is 8.17. The summed E-state index contributed by atoms with van der Waals surface area (Å²) in [6.45, 7) is 1.28. The van der Waals surface area contributed by atoms with Crippen LogP contribution in [0.25, 0.3) is 0 Å². The number of halogens is 2. The first kappa shape index (κ1) is 14.0. The molecule has 0 aromatic heterocycles. The molecule has 17 heavy (non-hydrogen) atoms. The van der Waals surface area contributed by atoms with Gasteiger partial charge in [-0.2, -0.15) is 0 Å². The van der Waals surface area contributed by atoms with Crippen molar-refractivity contribution in [1.82, 2.24) is 5.32 Å². The van der Waals surface area contributed by atoms with Gasteiger partial charge in [0.05, 0.1) is 25.9 Å². The summed E-state index contributed by atoms with van der Waals surface area (Å²) >= 11 is 0. The quantitative estimate of drug-likeness (QED) is 0.744. The molecule has 0 aliphatic heterocycles. The Bertz CT molecular complexity index is 327. The largest absolute Gasteiger partial charge is 0.382 e. The molecule has 0 fully saturated rings. The van der Waals surface area contributed by atoms with E-state index in [2.05, 4.69) is 5.32 Å². The minimum Gasteiger partial charge on any atom is -0.382 e. The first-order valence-electron chi connectivity index (χ1n) is 5.37. The first-order valence-corrected chi connectivity index (χ1v) is 5.37. The van der Waals surface area contributed by atoms with Crippen LogP contribution in [0.15, 0.2) is 18.2 Å². The van der Waals surface area contributed by atoms with E-state index in [0.29, 0.717) is 25.4 Å². The highest BCUT2D eigenvalue weighted by molar-refractivity contribution is 5.21. The van der Waals surface area contributed by atoms with Gasteiger partial charge in [0, 0.05) is 13.2 Å². The van der Waals surface area contributed by atoms with Gasteiger partial charge in [0.15, 0.2) is 0 Å². The van der Waals surface area contributed by atoms with Crippen LogP contribution in [0, 0.1) is 11.6 Å². The maximum atomic E-state index is 13.0. The zero-order chi connectivity index (χ0) is 12.7. The monoisotopic (exact) mass is 245 g/mol. The lowest BCUT2D eigenvalue weighted by molar-refractivity contribution is 0.0595. The zero-order valence-corrected chi connectivity index (χ0v) is 10.0.